The molecule has 0 aliphatic rings. The van der Waals surface area contributed by atoms with E-state index in [1.165, 1.54) is 0 Å². The Labute approximate surface area is 83.0 Å². The van der Waals surface area contributed by atoms with Crippen LogP contribution in [0.2, 0.25) is 0 Å². The number of sulfone groups is 1. The maximum atomic E-state index is 11.2. The zero-order valence-corrected chi connectivity index (χ0v) is 8.51. The van der Waals surface area contributed by atoms with Crippen molar-refractivity contribution in [2.45, 2.75) is 6.42 Å². The normalized spacial score (nSPS) is 10.6. The molecule has 0 aliphatic heterocycles. The number of rotatable bonds is 6. The van der Waals surface area contributed by atoms with Gasteiger partial charge in [0.05, 0.1) is 11.8 Å². The molecule has 80 valence electrons. The Morgan fingerprint density at radius 1 is 1.50 bits per heavy atom. The van der Waals surface area contributed by atoms with Gasteiger partial charge in [0.2, 0.25) is 5.91 Å². The highest BCUT2D eigenvalue weighted by Gasteiger charge is 2.15. The lowest BCUT2D eigenvalue weighted by Gasteiger charge is -2.02. The number of hydrogen-bond donors (Lipinski definition) is 2. The van der Waals surface area contributed by atoms with Crippen LogP contribution in [0.3, 0.4) is 0 Å². The summed E-state index contributed by atoms with van der Waals surface area (Å²) in [5.41, 5.74) is 5.14. The number of nitrogens with two attached hydrogens (primary N) is 1. The summed E-state index contributed by atoms with van der Waals surface area (Å²) in [5, 5.41) is 10.3. The Hall–Kier alpha value is -1.13. The van der Waals surface area contributed by atoms with E-state index in [1.54, 1.807) is 6.07 Å². The molecule has 7 heteroatoms. The third-order valence-corrected chi connectivity index (χ3v) is 2.99. The van der Waals surface area contributed by atoms with E-state index < -0.39 is 21.5 Å². The Morgan fingerprint density at radius 3 is 2.64 bits per heavy atom. The first-order chi connectivity index (χ1) is 6.52. The quantitative estimate of drug-likeness (QED) is 0.522. The van der Waals surface area contributed by atoms with Gasteiger partial charge in [0, 0.05) is 0 Å². The summed E-state index contributed by atoms with van der Waals surface area (Å²) in [6.45, 7) is 0.101. The van der Waals surface area contributed by atoms with Crippen LogP contribution in [-0.4, -0.2) is 38.9 Å². The molecule has 6 nitrogen and oxygen atoms in total. The molecule has 0 fully saturated rings. The fraction of sp³-hybridized carbons (Fsp3) is 0.714. The monoisotopic (exact) mass is 219 g/mol. The maximum Gasteiger partial charge on any atom is 0.236 e. The molecular formula is C7H13N3O3S. The van der Waals surface area contributed by atoms with Crippen molar-refractivity contribution < 1.29 is 13.2 Å². The topological polar surface area (TPSA) is 113 Å². The van der Waals surface area contributed by atoms with Crippen molar-refractivity contribution >= 4 is 15.7 Å². The predicted octanol–water partition coefficient (Wildman–Crippen LogP) is -1.61. The summed E-state index contributed by atoms with van der Waals surface area (Å²) in [5.74, 6) is -1.32. The van der Waals surface area contributed by atoms with Gasteiger partial charge in [0.15, 0.2) is 9.84 Å². The molecule has 0 aromatic heterocycles. The summed E-state index contributed by atoms with van der Waals surface area (Å²) in [7, 11) is -3.37. The van der Waals surface area contributed by atoms with Gasteiger partial charge in [-0.1, -0.05) is 0 Å². The van der Waals surface area contributed by atoms with Crippen molar-refractivity contribution in [1.29, 1.82) is 5.26 Å². The second-order valence-corrected chi connectivity index (χ2v) is 4.85. The molecular weight excluding hydrogens is 206 g/mol. The van der Waals surface area contributed by atoms with Crippen LogP contribution in [-0.2, 0) is 14.6 Å². The van der Waals surface area contributed by atoms with Gasteiger partial charge in [-0.05, 0) is 13.0 Å². The van der Waals surface area contributed by atoms with Crippen molar-refractivity contribution in [3.8, 4) is 6.07 Å². The van der Waals surface area contributed by atoms with E-state index in [9.17, 15) is 13.2 Å². The maximum absolute atomic E-state index is 11.2. The zero-order chi connectivity index (χ0) is 11.0. The highest BCUT2D eigenvalue weighted by atomic mass is 32.2. The molecule has 0 rings (SSSR count). The van der Waals surface area contributed by atoms with Gasteiger partial charge in [-0.2, -0.15) is 5.26 Å². The first-order valence-electron chi connectivity index (χ1n) is 4.06. The smallest absolute Gasteiger partial charge is 0.236 e. The van der Waals surface area contributed by atoms with E-state index in [0.717, 1.165) is 0 Å². The number of nitrogens with one attached hydrogen (secondary N) is 1. The molecule has 3 N–H and O–H groups in total. The van der Waals surface area contributed by atoms with Crippen LogP contribution in [0.5, 0.6) is 0 Å². The van der Waals surface area contributed by atoms with Crippen molar-refractivity contribution in [2.75, 3.05) is 24.6 Å². The fourth-order valence-corrected chi connectivity index (χ4v) is 2.02. The van der Waals surface area contributed by atoms with Crippen molar-refractivity contribution in [3.63, 3.8) is 0 Å². The standard InChI is InChI=1S/C7H13N3O3S/c8-2-1-5-14(12,13)6-7(11)10-4-3-9/h1-2,4-6,8H2,(H,10,11). The predicted molar refractivity (Wildman–Crippen MR) is 50.9 cm³/mol. The third-order valence-electron chi connectivity index (χ3n) is 1.38. The van der Waals surface area contributed by atoms with E-state index in [0.29, 0.717) is 6.42 Å². The Morgan fingerprint density at radius 2 is 2.14 bits per heavy atom. The third kappa shape index (κ3) is 6.39. The SMILES string of the molecule is N#CCNC(=O)CS(=O)(=O)CCCN. The lowest BCUT2D eigenvalue weighted by Crippen LogP contribution is -2.31. The first-order valence-corrected chi connectivity index (χ1v) is 5.88. The van der Waals surface area contributed by atoms with Gasteiger partial charge in [0.25, 0.3) is 0 Å². The minimum atomic E-state index is -3.37. The van der Waals surface area contributed by atoms with Crippen LogP contribution in [0.1, 0.15) is 6.42 Å². The van der Waals surface area contributed by atoms with Crippen molar-refractivity contribution in [3.05, 3.63) is 0 Å². The number of nitrogens with zero attached hydrogens (tertiary/aromatic N) is 1. The molecule has 1 amide bonds. The van der Waals surface area contributed by atoms with Gasteiger partial charge >= 0.3 is 0 Å². The van der Waals surface area contributed by atoms with Crippen molar-refractivity contribution in [2.24, 2.45) is 5.73 Å². The average molecular weight is 219 g/mol. The minimum Gasteiger partial charge on any atom is -0.342 e. The summed E-state index contributed by atoms with van der Waals surface area (Å²) in [6.07, 6.45) is 0.341. The lowest BCUT2D eigenvalue weighted by atomic mass is 10.5. The fourth-order valence-electron chi connectivity index (χ4n) is 0.764. The van der Waals surface area contributed by atoms with Gasteiger partial charge in [-0.25, -0.2) is 8.42 Å². The Balaban J connectivity index is 3.97. The molecule has 0 saturated carbocycles. The van der Waals surface area contributed by atoms with Crippen LogP contribution in [0, 0.1) is 11.3 Å². The summed E-state index contributed by atoms with van der Waals surface area (Å²) >= 11 is 0. The highest BCUT2D eigenvalue weighted by molar-refractivity contribution is 7.92. The second kappa shape index (κ2) is 6.34. The molecule has 0 spiro atoms. The molecule has 0 atom stereocenters. The van der Waals surface area contributed by atoms with Crippen LogP contribution < -0.4 is 11.1 Å². The van der Waals surface area contributed by atoms with E-state index in [-0.39, 0.29) is 18.8 Å². The Bertz CT molecular complexity index is 318. The van der Waals surface area contributed by atoms with Gasteiger partial charge < -0.3 is 11.1 Å². The number of hydrogen-bond acceptors (Lipinski definition) is 5. The molecule has 0 aliphatic carbocycles. The summed E-state index contributed by atoms with van der Waals surface area (Å²) in [4.78, 5) is 10.9. The van der Waals surface area contributed by atoms with E-state index in [2.05, 4.69) is 5.32 Å². The molecule has 0 aromatic rings. The van der Waals surface area contributed by atoms with Gasteiger partial charge in [-0.3, -0.25) is 4.79 Å². The number of carbonyl (C=O) groups is 1. The van der Waals surface area contributed by atoms with Crippen LogP contribution in [0.4, 0.5) is 0 Å². The van der Waals surface area contributed by atoms with E-state index in [1.807, 2.05) is 0 Å². The molecule has 0 bridgehead atoms. The number of carbonyl (C=O) groups excluding carboxylic acids is 1. The summed E-state index contributed by atoms with van der Waals surface area (Å²) < 4.78 is 22.3. The number of nitriles is 1. The van der Waals surface area contributed by atoms with E-state index >= 15 is 0 Å². The Kier molecular flexibility index (Phi) is 5.83. The number of amides is 1. The molecule has 0 saturated heterocycles. The van der Waals surface area contributed by atoms with Crippen LogP contribution in [0.25, 0.3) is 0 Å². The summed E-state index contributed by atoms with van der Waals surface area (Å²) in [6, 6.07) is 1.68. The molecule has 0 radical (unpaired) electrons. The van der Waals surface area contributed by atoms with Crippen molar-refractivity contribution in [1.82, 2.24) is 5.32 Å². The largest absolute Gasteiger partial charge is 0.342 e. The van der Waals surface area contributed by atoms with Crippen LogP contribution in [0.15, 0.2) is 0 Å². The second-order valence-electron chi connectivity index (χ2n) is 2.67. The zero-order valence-electron chi connectivity index (χ0n) is 7.69. The molecule has 14 heavy (non-hydrogen) atoms. The average Bonchev–Trinajstić information content (AvgIpc) is 2.11. The first kappa shape index (κ1) is 12.9. The molecule has 0 aromatic carbocycles. The lowest BCUT2D eigenvalue weighted by molar-refractivity contribution is -0.118. The van der Waals surface area contributed by atoms with Gasteiger partial charge in [-0.15, -0.1) is 0 Å². The van der Waals surface area contributed by atoms with Crippen LogP contribution >= 0.6 is 0 Å². The minimum absolute atomic E-state index is 0.0938. The van der Waals surface area contributed by atoms with Gasteiger partial charge in [0.1, 0.15) is 12.3 Å². The van der Waals surface area contributed by atoms with E-state index in [4.69, 9.17) is 11.0 Å². The molecule has 0 heterocycles. The molecule has 0 unspecified atom stereocenters. The highest BCUT2D eigenvalue weighted by Crippen LogP contribution is 1.92.